The van der Waals surface area contributed by atoms with Gasteiger partial charge in [-0.1, -0.05) is 30.3 Å². The first-order valence-electron chi connectivity index (χ1n) is 9.86. The van der Waals surface area contributed by atoms with Gasteiger partial charge in [0.1, 0.15) is 0 Å². The Hall–Kier alpha value is -2.63. The Morgan fingerprint density at radius 3 is 2.18 bits per heavy atom. The van der Waals surface area contributed by atoms with Crippen LogP contribution in [-0.4, -0.2) is 44.0 Å². The molecule has 1 aliphatic heterocycles. The molecule has 0 saturated carbocycles. The first-order chi connectivity index (χ1) is 15.5. The zero-order valence-corrected chi connectivity index (χ0v) is 17.4. The summed E-state index contributed by atoms with van der Waals surface area (Å²) in [5.41, 5.74) is -2.45. The lowest BCUT2D eigenvalue weighted by atomic mass is 10.0. The molecule has 0 amide bonds. The monoisotopic (exact) mass is 477 g/mol. The lowest BCUT2D eigenvalue weighted by Gasteiger charge is -2.40. The number of hydrogen-bond donors (Lipinski definition) is 0. The molecule has 3 rings (SSSR count). The number of methoxy groups -OCH3 is 1. The number of alkyl halides is 6. The summed E-state index contributed by atoms with van der Waals surface area (Å²) in [6.07, 6.45) is -11.0. The number of ether oxygens (including phenoxy) is 3. The van der Waals surface area contributed by atoms with E-state index in [1.54, 1.807) is 35.2 Å². The topological polar surface area (TPSA) is 48.0 Å². The number of hydrogen-bond acceptors (Lipinski definition) is 5. The van der Waals surface area contributed by atoms with Crippen LogP contribution in [0.5, 0.6) is 0 Å². The van der Waals surface area contributed by atoms with E-state index in [1.807, 2.05) is 0 Å². The Bertz CT molecular complexity index is 916. The van der Waals surface area contributed by atoms with E-state index in [0.29, 0.717) is 24.2 Å². The van der Waals surface area contributed by atoms with E-state index < -0.39 is 48.4 Å². The van der Waals surface area contributed by atoms with Crippen LogP contribution in [0.15, 0.2) is 48.5 Å². The fourth-order valence-corrected chi connectivity index (χ4v) is 3.53. The minimum Gasteiger partial charge on any atom is -0.468 e. The highest BCUT2D eigenvalue weighted by Gasteiger charge is 2.38. The van der Waals surface area contributed by atoms with Crippen LogP contribution in [0.25, 0.3) is 0 Å². The van der Waals surface area contributed by atoms with Gasteiger partial charge in [0.25, 0.3) is 0 Å². The van der Waals surface area contributed by atoms with Gasteiger partial charge in [-0.15, -0.1) is 0 Å². The zero-order chi connectivity index (χ0) is 24.2. The van der Waals surface area contributed by atoms with E-state index in [-0.39, 0.29) is 24.8 Å². The third-order valence-electron chi connectivity index (χ3n) is 5.07. The smallest absolute Gasteiger partial charge is 0.416 e. The molecule has 0 bridgehead atoms. The van der Waals surface area contributed by atoms with Gasteiger partial charge in [0.15, 0.2) is 6.29 Å². The van der Waals surface area contributed by atoms with Crippen LogP contribution in [0.3, 0.4) is 0 Å². The maximum atomic E-state index is 13.1. The second-order valence-electron chi connectivity index (χ2n) is 7.37. The minimum absolute atomic E-state index is 0.0610. The van der Waals surface area contributed by atoms with Gasteiger partial charge in [0.2, 0.25) is 0 Å². The number of carbonyl (C=O) groups is 1. The number of nitrogens with zero attached hydrogens (tertiary/aromatic N) is 1. The van der Waals surface area contributed by atoms with Crippen LogP contribution >= 0.6 is 0 Å². The first kappa shape index (κ1) is 25.0. The standard InChI is InChI=1S/C22H21F6NO4/c1-31-18(30)12-29-7-8-32-20(19(29)15-5-3-2-4-6-15)33-13-14-9-16(21(23,24)25)11-17(10-14)22(26,27)28/h2-6,9-11,19-20H,7-8,12-13H2,1H3/t19-,20+/m0/s1. The summed E-state index contributed by atoms with van der Waals surface area (Å²) in [6, 6.07) is 9.44. The third kappa shape index (κ3) is 6.46. The second-order valence-corrected chi connectivity index (χ2v) is 7.37. The molecule has 0 unspecified atom stereocenters. The molecule has 0 spiro atoms. The largest absolute Gasteiger partial charge is 0.468 e. The van der Waals surface area contributed by atoms with E-state index >= 15 is 0 Å². The zero-order valence-electron chi connectivity index (χ0n) is 17.4. The van der Waals surface area contributed by atoms with Crippen LogP contribution in [0.1, 0.15) is 28.3 Å². The Kier molecular flexibility index (Phi) is 7.65. The third-order valence-corrected chi connectivity index (χ3v) is 5.07. The van der Waals surface area contributed by atoms with Gasteiger partial charge in [-0.25, -0.2) is 0 Å². The first-order valence-corrected chi connectivity index (χ1v) is 9.86. The lowest BCUT2D eigenvalue weighted by molar-refractivity contribution is -0.217. The number of morpholine rings is 1. The fraction of sp³-hybridized carbons (Fsp3) is 0.409. The van der Waals surface area contributed by atoms with Crippen molar-refractivity contribution >= 4 is 5.97 Å². The van der Waals surface area contributed by atoms with E-state index in [9.17, 15) is 31.1 Å². The number of halogens is 6. The van der Waals surface area contributed by atoms with Gasteiger partial charge < -0.3 is 14.2 Å². The van der Waals surface area contributed by atoms with Crippen molar-refractivity contribution in [2.24, 2.45) is 0 Å². The van der Waals surface area contributed by atoms with Crippen LogP contribution in [0, 0.1) is 0 Å². The van der Waals surface area contributed by atoms with E-state index in [2.05, 4.69) is 0 Å². The Labute approximate surface area is 185 Å². The molecule has 5 nitrogen and oxygen atoms in total. The Balaban J connectivity index is 1.87. The van der Waals surface area contributed by atoms with Gasteiger partial charge in [-0.05, 0) is 29.3 Å². The normalized spacial score (nSPS) is 20.0. The average Bonchev–Trinajstić information content (AvgIpc) is 2.77. The molecule has 1 saturated heterocycles. The summed E-state index contributed by atoms with van der Waals surface area (Å²) in [5, 5.41) is 0. The van der Waals surface area contributed by atoms with Crippen molar-refractivity contribution < 1.29 is 45.3 Å². The highest BCUT2D eigenvalue weighted by atomic mass is 19.4. The highest BCUT2D eigenvalue weighted by Crippen LogP contribution is 2.37. The molecule has 2 aromatic rings. The molecule has 0 radical (unpaired) electrons. The van der Waals surface area contributed by atoms with Gasteiger partial charge in [0, 0.05) is 6.54 Å². The minimum atomic E-state index is -4.96. The van der Waals surface area contributed by atoms with Crippen molar-refractivity contribution in [1.82, 2.24) is 4.90 Å². The van der Waals surface area contributed by atoms with Crippen molar-refractivity contribution in [3.63, 3.8) is 0 Å². The molecule has 2 atom stereocenters. The predicted molar refractivity (Wildman–Crippen MR) is 104 cm³/mol. The fourth-order valence-electron chi connectivity index (χ4n) is 3.53. The number of benzene rings is 2. The SMILES string of the molecule is COC(=O)CN1CCO[C@H](OCc2cc(C(F)(F)F)cc(C(F)(F)F)c2)[C@@H]1c1ccccc1. The molecule has 1 aliphatic rings. The summed E-state index contributed by atoms with van der Waals surface area (Å²) in [6.45, 7) is -0.175. The van der Waals surface area contributed by atoms with Crippen molar-refractivity contribution in [3.8, 4) is 0 Å². The Morgan fingerprint density at radius 1 is 1.03 bits per heavy atom. The van der Waals surface area contributed by atoms with Crippen molar-refractivity contribution in [1.29, 1.82) is 0 Å². The van der Waals surface area contributed by atoms with Crippen molar-refractivity contribution in [2.75, 3.05) is 26.8 Å². The molecule has 11 heteroatoms. The molecule has 180 valence electrons. The van der Waals surface area contributed by atoms with Crippen LogP contribution in [-0.2, 0) is 38.0 Å². The van der Waals surface area contributed by atoms with Crippen LogP contribution in [0.4, 0.5) is 26.3 Å². The summed E-state index contributed by atoms with van der Waals surface area (Å²) >= 11 is 0. The van der Waals surface area contributed by atoms with Gasteiger partial charge in [-0.2, -0.15) is 26.3 Å². The summed E-state index contributed by atoms with van der Waals surface area (Å²) in [7, 11) is 1.24. The van der Waals surface area contributed by atoms with Crippen molar-refractivity contribution in [3.05, 3.63) is 70.8 Å². The summed E-state index contributed by atoms with van der Waals surface area (Å²) in [5.74, 6) is -0.510. The van der Waals surface area contributed by atoms with Crippen molar-refractivity contribution in [2.45, 2.75) is 31.3 Å². The number of esters is 1. The van der Waals surface area contributed by atoms with E-state index in [1.165, 1.54) is 7.11 Å². The second kappa shape index (κ2) is 10.1. The molecular weight excluding hydrogens is 456 g/mol. The van der Waals surface area contributed by atoms with Crippen LogP contribution < -0.4 is 0 Å². The molecule has 0 N–H and O–H groups in total. The maximum Gasteiger partial charge on any atom is 0.416 e. The highest BCUT2D eigenvalue weighted by molar-refractivity contribution is 5.71. The molecule has 1 heterocycles. The molecule has 33 heavy (non-hydrogen) atoms. The van der Waals surface area contributed by atoms with E-state index in [4.69, 9.17) is 14.2 Å². The molecule has 1 fully saturated rings. The van der Waals surface area contributed by atoms with Gasteiger partial charge >= 0.3 is 18.3 Å². The average molecular weight is 477 g/mol. The molecular formula is C22H21F6NO4. The summed E-state index contributed by atoms with van der Waals surface area (Å²) in [4.78, 5) is 13.6. The number of rotatable bonds is 6. The van der Waals surface area contributed by atoms with Gasteiger partial charge in [-0.3, -0.25) is 9.69 Å². The Morgan fingerprint density at radius 2 is 1.64 bits per heavy atom. The maximum absolute atomic E-state index is 13.1. The molecule has 2 aromatic carbocycles. The number of carbonyl (C=O) groups excluding carboxylic acids is 1. The lowest BCUT2D eigenvalue weighted by Crippen LogP contribution is -2.48. The summed E-state index contributed by atoms with van der Waals surface area (Å²) < 4.78 is 94.9. The molecule has 0 aromatic heterocycles. The predicted octanol–water partition coefficient (Wildman–Crippen LogP) is 4.81. The van der Waals surface area contributed by atoms with Crippen LogP contribution in [0.2, 0.25) is 0 Å². The molecule has 0 aliphatic carbocycles. The van der Waals surface area contributed by atoms with Gasteiger partial charge in [0.05, 0.1) is 44.0 Å². The van der Waals surface area contributed by atoms with E-state index in [0.717, 1.165) is 0 Å². The quantitative estimate of drug-likeness (QED) is 0.442.